The molecule has 2 N–H and O–H groups in total. The molecule has 0 unspecified atom stereocenters. The van der Waals surface area contributed by atoms with Gasteiger partial charge in [0.1, 0.15) is 5.69 Å². The minimum Gasteiger partial charge on any atom is -0.376 e. The number of nitrogens with zero attached hydrogens (tertiary/aromatic N) is 6. The highest BCUT2D eigenvalue weighted by atomic mass is 19.3. The van der Waals surface area contributed by atoms with Crippen LogP contribution in [0.3, 0.4) is 0 Å². The summed E-state index contributed by atoms with van der Waals surface area (Å²) in [5.41, 5.74) is 1.39. The van der Waals surface area contributed by atoms with Crippen LogP contribution in [0.25, 0.3) is 5.65 Å². The highest BCUT2D eigenvalue weighted by Gasteiger charge is 2.43. The van der Waals surface area contributed by atoms with Gasteiger partial charge in [-0.05, 0) is 49.7 Å². The number of amides is 3. The van der Waals surface area contributed by atoms with Crippen molar-refractivity contribution in [2.45, 2.75) is 75.5 Å². The van der Waals surface area contributed by atoms with Gasteiger partial charge in [0.25, 0.3) is 11.8 Å². The molecule has 0 bridgehead atoms. The molecule has 3 aromatic rings. The Morgan fingerprint density at radius 1 is 1.19 bits per heavy atom. The Kier molecular flexibility index (Phi) is 7.27. The van der Waals surface area contributed by atoms with E-state index < -0.39 is 49.0 Å². The Labute approximate surface area is 237 Å². The van der Waals surface area contributed by atoms with Crippen LogP contribution >= 0.6 is 0 Å². The van der Waals surface area contributed by atoms with E-state index in [0.717, 1.165) is 17.7 Å². The zero-order valence-electron chi connectivity index (χ0n) is 22.7. The van der Waals surface area contributed by atoms with E-state index in [9.17, 15) is 27.2 Å². The Morgan fingerprint density at radius 3 is 2.64 bits per heavy atom. The summed E-state index contributed by atoms with van der Waals surface area (Å²) in [6.45, 7) is 0.0299. The average molecular weight is 595 g/mol. The SMILES string of the molecule is Cc1nonc1C(=O)N[C@H](c1cn2ncc([C@@H](COC3CC3)N3CC(F)(F)CNC3=O)cc2n1)C1CCC(F)(F)CC1. The summed E-state index contributed by atoms with van der Waals surface area (Å²) in [6.07, 6.45) is 4.44. The molecule has 0 spiro atoms. The second-order valence-corrected chi connectivity index (χ2v) is 11.3. The van der Waals surface area contributed by atoms with Crippen LogP contribution in [0.2, 0.25) is 0 Å². The fourth-order valence-corrected chi connectivity index (χ4v) is 5.48. The number of fused-ring (bicyclic) bond motifs is 1. The molecule has 1 saturated heterocycles. The maximum Gasteiger partial charge on any atom is 0.318 e. The van der Waals surface area contributed by atoms with Crippen LogP contribution in [-0.4, -0.2) is 79.4 Å². The highest BCUT2D eigenvalue weighted by molar-refractivity contribution is 5.93. The largest absolute Gasteiger partial charge is 0.376 e. The quantitative estimate of drug-likeness (QED) is 0.359. The molecule has 2 saturated carbocycles. The number of rotatable bonds is 9. The van der Waals surface area contributed by atoms with Crippen molar-refractivity contribution < 1.29 is 36.5 Å². The van der Waals surface area contributed by atoms with Crippen LogP contribution in [0.1, 0.15) is 78.0 Å². The summed E-state index contributed by atoms with van der Waals surface area (Å²) in [7, 11) is 0. The summed E-state index contributed by atoms with van der Waals surface area (Å²) < 4.78 is 68.5. The molecule has 1 aliphatic heterocycles. The second kappa shape index (κ2) is 10.8. The summed E-state index contributed by atoms with van der Waals surface area (Å²) in [5.74, 6) is -6.83. The lowest BCUT2D eigenvalue weighted by molar-refractivity contribution is -0.0542. The van der Waals surface area contributed by atoms with E-state index in [1.54, 1.807) is 19.2 Å². The van der Waals surface area contributed by atoms with Crippen molar-refractivity contribution in [2.75, 3.05) is 19.7 Å². The van der Waals surface area contributed by atoms with Gasteiger partial charge in [0.2, 0.25) is 5.92 Å². The van der Waals surface area contributed by atoms with Crippen molar-refractivity contribution in [3.05, 3.63) is 41.1 Å². The van der Waals surface area contributed by atoms with Crippen LogP contribution in [0, 0.1) is 12.8 Å². The van der Waals surface area contributed by atoms with E-state index in [0.29, 0.717) is 16.9 Å². The van der Waals surface area contributed by atoms with Crippen molar-refractivity contribution >= 4 is 17.6 Å². The maximum atomic E-state index is 14.3. The third-order valence-electron chi connectivity index (χ3n) is 8.00. The number of halogens is 4. The molecule has 0 radical (unpaired) electrons. The summed E-state index contributed by atoms with van der Waals surface area (Å²) in [6, 6.07) is -0.621. The molecule has 3 amide bonds. The number of urea groups is 1. The van der Waals surface area contributed by atoms with Gasteiger partial charge in [-0.15, -0.1) is 0 Å². The number of alkyl halides is 4. The van der Waals surface area contributed by atoms with Gasteiger partial charge in [-0.3, -0.25) is 4.79 Å². The molecule has 226 valence electrons. The van der Waals surface area contributed by atoms with Crippen LogP contribution in [0.4, 0.5) is 22.4 Å². The Hall–Kier alpha value is -3.82. The first-order valence-electron chi connectivity index (χ1n) is 13.8. The minimum atomic E-state index is -3.12. The molecule has 3 fully saturated rings. The van der Waals surface area contributed by atoms with Crippen LogP contribution < -0.4 is 10.6 Å². The van der Waals surface area contributed by atoms with Crippen molar-refractivity contribution in [1.82, 2.24) is 40.4 Å². The number of hydrogen-bond donors (Lipinski definition) is 2. The van der Waals surface area contributed by atoms with Crippen molar-refractivity contribution in [3.8, 4) is 0 Å². The van der Waals surface area contributed by atoms with Crippen molar-refractivity contribution in [2.24, 2.45) is 5.92 Å². The molecule has 2 atom stereocenters. The predicted octanol–water partition coefficient (Wildman–Crippen LogP) is 3.60. The molecular formula is C26H30F4N8O4. The molecule has 12 nitrogen and oxygen atoms in total. The van der Waals surface area contributed by atoms with E-state index >= 15 is 0 Å². The number of nitrogens with one attached hydrogen (secondary N) is 2. The normalized spacial score (nSPS) is 22.1. The zero-order valence-corrected chi connectivity index (χ0v) is 22.7. The first-order chi connectivity index (χ1) is 20.0. The van der Waals surface area contributed by atoms with Crippen LogP contribution in [-0.2, 0) is 4.74 Å². The summed E-state index contributed by atoms with van der Waals surface area (Å²) in [5, 5.41) is 16.8. The predicted molar refractivity (Wildman–Crippen MR) is 136 cm³/mol. The van der Waals surface area contributed by atoms with E-state index in [2.05, 4.69) is 35.7 Å². The van der Waals surface area contributed by atoms with E-state index in [4.69, 9.17) is 4.74 Å². The van der Waals surface area contributed by atoms with Gasteiger partial charge < -0.3 is 20.3 Å². The van der Waals surface area contributed by atoms with Gasteiger partial charge in [0.05, 0.1) is 56.0 Å². The standard InChI is InChI=1S/C26H30F4N8O4/c1-14-21(36-42-35-14)23(39)34-22(15-4-6-25(27,28)7-5-15)18-10-38-20(33-18)8-16(9-32-38)19(11-41-17-2-3-17)37-13-26(29,30)12-31-24(37)40/h8-10,15,17,19,22H,2-7,11-13H2,1H3,(H,31,40)(H,34,39)/t19-,22+/m1/s1. The van der Waals surface area contributed by atoms with Gasteiger partial charge in [0.15, 0.2) is 11.3 Å². The van der Waals surface area contributed by atoms with E-state index in [-0.39, 0.29) is 55.7 Å². The summed E-state index contributed by atoms with van der Waals surface area (Å²) >= 11 is 0. The number of hydrogen-bond acceptors (Lipinski definition) is 8. The Balaban J connectivity index is 1.31. The molecule has 2 aliphatic carbocycles. The fraction of sp³-hybridized carbons (Fsp3) is 0.615. The number of ether oxygens (including phenoxy) is 1. The minimum absolute atomic E-state index is 0.000357. The Morgan fingerprint density at radius 2 is 1.95 bits per heavy atom. The molecule has 42 heavy (non-hydrogen) atoms. The number of carbonyl (C=O) groups excluding carboxylic acids is 2. The van der Waals surface area contributed by atoms with Crippen molar-refractivity contribution in [1.29, 1.82) is 0 Å². The number of carbonyl (C=O) groups is 2. The van der Waals surface area contributed by atoms with Gasteiger partial charge in [-0.1, -0.05) is 5.16 Å². The molecule has 6 rings (SSSR count). The third kappa shape index (κ3) is 6.03. The molecule has 3 aliphatic rings. The van der Waals surface area contributed by atoms with Gasteiger partial charge in [-0.25, -0.2) is 36.5 Å². The van der Waals surface area contributed by atoms with Gasteiger partial charge in [0, 0.05) is 18.4 Å². The van der Waals surface area contributed by atoms with E-state index in [1.807, 2.05) is 0 Å². The molecule has 16 heteroatoms. The highest BCUT2D eigenvalue weighted by Crippen LogP contribution is 2.41. The zero-order chi connectivity index (χ0) is 29.6. The molecule has 3 aromatic heterocycles. The molecule has 0 aromatic carbocycles. The third-order valence-corrected chi connectivity index (χ3v) is 8.00. The first kappa shape index (κ1) is 28.3. The maximum absolute atomic E-state index is 14.3. The number of imidazole rings is 1. The topological polar surface area (TPSA) is 140 Å². The average Bonchev–Trinajstić information content (AvgIpc) is 3.51. The van der Waals surface area contributed by atoms with E-state index in [1.165, 1.54) is 10.7 Å². The second-order valence-electron chi connectivity index (χ2n) is 11.3. The monoisotopic (exact) mass is 594 g/mol. The first-order valence-corrected chi connectivity index (χ1v) is 13.8. The fourth-order valence-electron chi connectivity index (χ4n) is 5.48. The van der Waals surface area contributed by atoms with Crippen molar-refractivity contribution in [3.63, 3.8) is 0 Å². The van der Waals surface area contributed by atoms with Crippen LogP contribution in [0.5, 0.6) is 0 Å². The number of aromatic nitrogens is 5. The smallest absolute Gasteiger partial charge is 0.318 e. The van der Waals surface area contributed by atoms with Gasteiger partial charge in [-0.2, -0.15) is 5.10 Å². The molecular weight excluding hydrogens is 564 g/mol. The number of aryl methyl sites for hydroxylation is 1. The lowest BCUT2D eigenvalue weighted by Gasteiger charge is -2.38. The van der Waals surface area contributed by atoms with Crippen LogP contribution in [0.15, 0.2) is 23.1 Å². The lowest BCUT2D eigenvalue weighted by Crippen LogP contribution is -2.58. The summed E-state index contributed by atoms with van der Waals surface area (Å²) in [4.78, 5) is 31.4. The van der Waals surface area contributed by atoms with Gasteiger partial charge >= 0.3 is 6.03 Å². The molecule has 4 heterocycles. The Bertz CT molecular complexity index is 1470. The lowest BCUT2D eigenvalue weighted by atomic mass is 9.81.